The first kappa shape index (κ1) is 17.1. The van der Waals surface area contributed by atoms with Gasteiger partial charge in [0.25, 0.3) is 0 Å². The number of ether oxygens (including phenoxy) is 1. The Hall–Kier alpha value is -2.27. The molecule has 0 spiro atoms. The van der Waals surface area contributed by atoms with Gasteiger partial charge in [-0.2, -0.15) is 5.26 Å². The number of nitriles is 1. The van der Waals surface area contributed by atoms with Gasteiger partial charge in [0.05, 0.1) is 18.6 Å². The van der Waals surface area contributed by atoms with E-state index in [4.69, 9.17) is 4.74 Å². The number of nitrogens with zero attached hydrogens (tertiary/aromatic N) is 1. The summed E-state index contributed by atoms with van der Waals surface area (Å²) in [6, 6.07) is 18.9. The van der Waals surface area contributed by atoms with Gasteiger partial charge < -0.3 is 4.74 Å². The van der Waals surface area contributed by atoms with Gasteiger partial charge in [0.15, 0.2) is 0 Å². The molecular formula is C21H25NO. The largest absolute Gasteiger partial charge is 0.494 e. The van der Waals surface area contributed by atoms with Gasteiger partial charge in [0.2, 0.25) is 0 Å². The zero-order valence-corrected chi connectivity index (χ0v) is 14.3. The monoisotopic (exact) mass is 307 g/mol. The van der Waals surface area contributed by atoms with E-state index in [9.17, 15) is 5.26 Å². The third kappa shape index (κ3) is 5.14. The fourth-order valence-corrected chi connectivity index (χ4v) is 2.53. The molecular weight excluding hydrogens is 282 g/mol. The highest BCUT2D eigenvalue weighted by Gasteiger charge is 2.10. The fraction of sp³-hybridized carbons (Fsp3) is 0.381. The van der Waals surface area contributed by atoms with Crippen LogP contribution in [-0.4, -0.2) is 6.61 Å². The second kappa shape index (κ2) is 8.39. The number of aryl methyl sites for hydroxylation is 1. The lowest BCUT2D eigenvalue weighted by atomic mass is 9.95. The Morgan fingerprint density at radius 3 is 2.13 bits per heavy atom. The highest BCUT2D eigenvalue weighted by Crippen LogP contribution is 2.22. The van der Waals surface area contributed by atoms with Crippen molar-refractivity contribution in [2.75, 3.05) is 6.61 Å². The van der Waals surface area contributed by atoms with Crippen LogP contribution in [0.2, 0.25) is 0 Å². The van der Waals surface area contributed by atoms with Crippen molar-refractivity contribution in [2.45, 2.75) is 45.4 Å². The summed E-state index contributed by atoms with van der Waals surface area (Å²) in [6.07, 6.45) is 1.70. The molecule has 0 fully saturated rings. The molecule has 1 unspecified atom stereocenters. The van der Waals surface area contributed by atoms with Gasteiger partial charge in [-0.15, -0.1) is 0 Å². The molecule has 2 nitrogen and oxygen atoms in total. The van der Waals surface area contributed by atoms with Crippen LogP contribution in [-0.2, 0) is 0 Å². The minimum Gasteiger partial charge on any atom is -0.494 e. The van der Waals surface area contributed by atoms with Gasteiger partial charge in [0.1, 0.15) is 5.75 Å². The first-order valence-corrected chi connectivity index (χ1v) is 8.29. The Kier molecular flexibility index (Phi) is 6.23. The van der Waals surface area contributed by atoms with Gasteiger partial charge in [-0.25, -0.2) is 0 Å². The molecule has 0 bridgehead atoms. The first-order valence-electron chi connectivity index (χ1n) is 8.29. The van der Waals surface area contributed by atoms with Crippen molar-refractivity contribution in [2.24, 2.45) is 0 Å². The molecule has 2 heteroatoms. The number of hydrogen-bond donors (Lipinski definition) is 0. The first-order chi connectivity index (χ1) is 11.1. The molecule has 0 heterocycles. The van der Waals surface area contributed by atoms with Crippen LogP contribution >= 0.6 is 0 Å². The predicted octanol–water partition coefficient (Wildman–Crippen LogP) is 5.58. The molecule has 1 atom stereocenters. The van der Waals surface area contributed by atoms with Crippen LogP contribution in [0.3, 0.4) is 0 Å². The average Bonchev–Trinajstić information content (AvgIpc) is 2.56. The maximum absolute atomic E-state index is 9.36. The van der Waals surface area contributed by atoms with Crippen molar-refractivity contribution in [1.82, 2.24) is 0 Å². The zero-order valence-electron chi connectivity index (χ0n) is 14.3. The molecule has 23 heavy (non-hydrogen) atoms. The molecule has 0 saturated heterocycles. The molecule has 2 aromatic carbocycles. The summed E-state index contributed by atoms with van der Waals surface area (Å²) in [6.45, 7) is 7.07. The maximum Gasteiger partial charge on any atom is 0.119 e. The molecule has 0 radical (unpaired) electrons. The van der Waals surface area contributed by atoms with Crippen LogP contribution < -0.4 is 4.74 Å². The summed E-state index contributed by atoms with van der Waals surface area (Å²) >= 11 is 0. The van der Waals surface area contributed by atoms with E-state index in [0.717, 1.165) is 24.2 Å². The Balaban J connectivity index is 1.79. The second-order valence-electron chi connectivity index (χ2n) is 6.31. The smallest absolute Gasteiger partial charge is 0.119 e. The lowest BCUT2D eigenvalue weighted by molar-refractivity contribution is 0.305. The molecule has 0 aliphatic carbocycles. The SMILES string of the molecule is Cc1ccc(C(C#N)CCCOc2ccc(C(C)C)cc2)cc1. The van der Waals surface area contributed by atoms with E-state index >= 15 is 0 Å². The van der Waals surface area contributed by atoms with Gasteiger partial charge in [-0.3, -0.25) is 0 Å². The highest BCUT2D eigenvalue weighted by atomic mass is 16.5. The quantitative estimate of drug-likeness (QED) is 0.625. The van der Waals surface area contributed by atoms with Gasteiger partial charge >= 0.3 is 0 Å². The molecule has 2 aromatic rings. The van der Waals surface area contributed by atoms with E-state index in [-0.39, 0.29) is 5.92 Å². The van der Waals surface area contributed by atoms with Crippen molar-refractivity contribution in [1.29, 1.82) is 5.26 Å². The molecule has 2 rings (SSSR count). The minimum absolute atomic E-state index is 0.0532. The summed E-state index contributed by atoms with van der Waals surface area (Å²) in [5, 5.41) is 9.36. The summed E-state index contributed by atoms with van der Waals surface area (Å²) in [5.74, 6) is 1.38. The Morgan fingerprint density at radius 2 is 1.57 bits per heavy atom. The minimum atomic E-state index is -0.0532. The maximum atomic E-state index is 9.36. The van der Waals surface area contributed by atoms with Crippen molar-refractivity contribution < 1.29 is 4.74 Å². The van der Waals surface area contributed by atoms with E-state index in [0.29, 0.717) is 12.5 Å². The summed E-state index contributed by atoms with van der Waals surface area (Å²) in [4.78, 5) is 0. The van der Waals surface area contributed by atoms with Crippen molar-refractivity contribution in [3.63, 3.8) is 0 Å². The molecule has 120 valence electrons. The van der Waals surface area contributed by atoms with Crippen LogP contribution in [0, 0.1) is 18.3 Å². The lowest BCUT2D eigenvalue weighted by Crippen LogP contribution is -2.02. The summed E-state index contributed by atoms with van der Waals surface area (Å²) in [5.41, 5.74) is 3.64. The molecule has 0 N–H and O–H groups in total. The van der Waals surface area contributed by atoms with Crippen LogP contribution in [0.15, 0.2) is 48.5 Å². The normalized spacial score (nSPS) is 12.0. The Morgan fingerprint density at radius 1 is 0.957 bits per heavy atom. The van der Waals surface area contributed by atoms with Gasteiger partial charge in [-0.1, -0.05) is 55.8 Å². The Bertz CT molecular complexity index is 635. The van der Waals surface area contributed by atoms with Crippen molar-refractivity contribution in [3.8, 4) is 11.8 Å². The number of benzene rings is 2. The van der Waals surface area contributed by atoms with Crippen LogP contribution in [0.4, 0.5) is 0 Å². The fourth-order valence-electron chi connectivity index (χ4n) is 2.53. The van der Waals surface area contributed by atoms with E-state index in [1.54, 1.807) is 0 Å². The van der Waals surface area contributed by atoms with Crippen molar-refractivity contribution >= 4 is 0 Å². The van der Waals surface area contributed by atoms with E-state index < -0.39 is 0 Å². The molecule has 0 aliphatic rings. The number of rotatable bonds is 7. The molecule has 0 amide bonds. The third-order valence-electron chi connectivity index (χ3n) is 4.09. The predicted molar refractivity (Wildman–Crippen MR) is 94.8 cm³/mol. The zero-order chi connectivity index (χ0) is 16.7. The van der Waals surface area contributed by atoms with Crippen molar-refractivity contribution in [3.05, 3.63) is 65.2 Å². The summed E-state index contributed by atoms with van der Waals surface area (Å²) in [7, 11) is 0. The molecule has 0 aromatic heterocycles. The topological polar surface area (TPSA) is 33.0 Å². The standard InChI is InChI=1S/C21H25NO/c1-16(2)18-10-12-21(13-11-18)23-14-4-5-20(15-22)19-8-6-17(3)7-9-19/h6-13,16,20H,4-5,14H2,1-3H3. The average molecular weight is 307 g/mol. The molecule has 0 aliphatic heterocycles. The second-order valence-corrected chi connectivity index (χ2v) is 6.31. The van der Waals surface area contributed by atoms with E-state index in [2.05, 4.69) is 63.2 Å². The van der Waals surface area contributed by atoms with E-state index in [1.807, 2.05) is 12.1 Å². The van der Waals surface area contributed by atoms with Crippen LogP contribution in [0.25, 0.3) is 0 Å². The number of hydrogen-bond acceptors (Lipinski definition) is 2. The summed E-state index contributed by atoms with van der Waals surface area (Å²) < 4.78 is 5.78. The molecule has 0 saturated carbocycles. The third-order valence-corrected chi connectivity index (χ3v) is 4.09. The lowest BCUT2D eigenvalue weighted by Gasteiger charge is -2.11. The highest BCUT2D eigenvalue weighted by molar-refractivity contribution is 5.29. The van der Waals surface area contributed by atoms with E-state index in [1.165, 1.54) is 11.1 Å². The van der Waals surface area contributed by atoms with Gasteiger partial charge in [-0.05, 0) is 48.9 Å². The van der Waals surface area contributed by atoms with Crippen LogP contribution in [0.5, 0.6) is 5.75 Å². The van der Waals surface area contributed by atoms with Crippen LogP contribution in [0.1, 0.15) is 55.2 Å². The Labute approximate surface area is 139 Å². The van der Waals surface area contributed by atoms with Gasteiger partial charge in [0, 0.05) is 0 Å².